The van der Waals surface area contributed by atoms with Gasteiger partial charge in [-0.15, -0.1) is 0 Å². The van der Waals surface area contributed by atoms with Gasteiger partial charge in [-0.1, -0.05) is 30.3 Å². The summed E-state index contributed by atoms with van der Waals surface area (Å²) in [6.07, 6.45) is 0.992. The van der Waals surface area contributed by atoms with Gasteiger partial charge in [0.25, 0.3) is 0 Å². The third-order valence-electron chi connectivity index (χ3n) is 4.11. The number of carbonyl (C=O) groups excluding carboxylic acids is 1. The summed E-state index contributed by atoms with van der Waals surface area (Å²) in [7, 11) is 0. The SMILES string of the molecule is CC1Cc2ccccc2N1CC(=O)Nc1cccc(CN)c1. The number of hydrogen-bond acceptors (Lipinski definition) is 3. The predicted octanol–water partition coefficient (Wildman–Crippen LogP) is 2.54. The molecule has 1 aliphatic heterocycles. The van der Waals surface area contributed by atoms with Crippen molar-refractivity contribution in [3.63, 3.8) is 0 Å². The van der Waals surface area contributed by atoms with E-state index < -0.39 is 0 Å². The molecule has 0 bridgehead atoms. The summed E-state index contributed by atoms with van der Waals surface area (Å²) < 4.78 is 0. The highest BCUT2D eigenvalue weighted by molar-refractivity contribution is 5.94. The first-order chi connectivity index (χ1) is 10.7. The first-order valence-corrected chi connectivity index (χ1v) is 7.61. The van der Waals surface area contributed by atoms with Gasteiger partial charge in [0.1, 0.15) is 0 Å². The van der Waals surface area contributed by atoms with E-state index in [9.17, 15) is 4.79 Å². The van der Waals surface area contributed by atoms with Crippen LogP contribution in [-0.4, -0.2) is 18.5 Å². The lowest BCUT2D eigenvalue weighted by Gasteiger charge is -2.24. The second kappa shape index (κ2) is 6.20. The monoisotopic (exact) mass is 295 g/mol. The maximum absolute atomic E-state index is 12.3. The van der Waals surface area contributed by atoms with Crippen molar-refractivity contribution in [2.75, 3.05) is 16.8 Å². The quantitative estimate of drug-likeness (QED) is 0.911. The number of anilines is 2. The van der Waals surface area contributed by atoms with Crippen molar-refractivity contribution in [2.45, 2.75) is 25.9 Å². The van der Waals surface area contributed by atoms with Crippen molar-refractivity contribution < 1.29 is 4.79 Å². The van der Waals surface area contributed by atoms with Gasteiger partial charge in [0, 0.05) is 24.0 Å². The van der Waals surface area contributed by atoms with Crippen LogP contribution in [0.3, 0.4) is 0 Å². The van der Waals surface area contributed by atoms with Crippen molar-refractivity contribution >= 4 is 17.3 Å². The molecule has 0 aromatic heterocycles. The van der Waals surface area contributed by atoms with Crippen molar-refractivity contribution in [1.29, 1.82) is 0 Å². The molecule has 0 saturated carbocycles. The summed E-state index contributed by atoms with van der Waals surface area (Å²) in [4.78, 5) is 14.5. The number of fused-ring (bicyclic) bond motifs is 1. The Morgan fingerprint density at radius 3 is 2.91 bits per heavy atom. The lowest BCUT2D eigenvalue weighted by Crippen LogP contribution is -2.37. The molecule has 1 aliphatic rings. The van der Waals surface area contributed by atoms with E-state index in [2.05, 4.69) is 29.3 Å². The Morgan fingerprint density at radius 2 is 2.09 bits per heavy atom. The standard InChI is InChI=1S/C18H21N3O/c1-13-9-15-6-2-3-8-17(15)21(13)12-18(22)20-16-7-4-5-14(10-16)11-19/h2-8,10,13H,9,11-12,19H2,1H3,(H,20,22). The van der Waals surface area contributed by atoms with Crippen LogP contribution in [0.15, 0.2) is 48.5 Å². The predicted molar refractivity (Wildman–Crippen MR) is 89.9 cm³/mol. The first-order valence-electron chi connectivity index (χ1n) is 7.61. The Hall–Kier alpha value is -2.33. The number of hydrogen-bond donors (Lipinski definition) is 2. The number of nitrogens with two attached hydrogens (primary N) is 1. The fourth-order valence-electron chi connectivity index (χ4n) is 3.00. The van der Waals surface area contributed by atoms with Crippen molar-refractivity contribution in [1.82, 2.24) is 0 Å². The molecule has 0 saturated heterocycles. The molecule has 3 N–H and O–H groups in total. The van der Waals surface area contributed by atoms with Crippen molar-refractivity contribution in [3.8, 4) is 0 Å². The second-order valence-electron chi connectivity index (χ2n) is 5.76. The Kier molecular flexibility index (Phi) is 4.11. The number of para-hydroxylation sites is 1. The van der Waals surface area contributed by atoms with Gasteiger partial charge >= 0.3 is 0 Å². The summed E-state index contributed by atoms with van der Waals surface area (Å²) in [6, 6.07) is 16.3. The number of rotatable bonds is 4. The minimum Gasteiger partial charge on any atom is -0.359 e. The number of nitrogens with one attached hydrogen (secondary N) is 1. The molecule has 0 spiro atoms. The van der Waals surface area contributed by atoms with Crippen LogP contribution in [0.4, 0.5) is 11.4 Å². The maximum Gasteiger partial charge on any atom is 0.243 e. The number of amides is 1. The number of benzene rings is 2. The highest BCUT2D eigenvalue weighted by Gasteiger charge is 2.26. The van der Waals surface area contributed by atoms with Crippen LogP contribution < -0.4 is 16.0 Å². The lowest BCUT2D eigenvalue weighted by atomic mass is 10.1. The average Bonchev–Trinajstić information content (AvgIpc) is 2.83. The highest BCUT2D eigenvalue weighted by atomic mass is 16.2. The Balaban J connectivity index is 1.69. The van der Waals surface area contributed by atoms with Crippen LogP contribution in [0.5, 0.6) is 0 Å². The van der Waals surface area contributed by atoms with Crippen molar-refractivity contribution in [3.05, 3.63) is 59.7 Å². The van der Waals surface area contributed by atoms with Gasteiger partial charge in [-0.3, -0.25) is 4.79 Å². The van der Waals surface area contributed by atoms with E-state index >= 15 is 0 Å². The number of nitrogens with zero attached hydrogens (tertiary/aromatic N) is 1. The van der Waals surface area contributed by atoms with Gasteiger partial charge < -0.3 is 16.0 Å². The van der Waals surface area contributed by atoms with Gasteiger partial charge in [-0.25, -0.2) is 0 Å². The zero-order valence-corrected chi connectivity index (χ0v) is 12.8. The minimum absolute atomic E-state index is 0.00211. The molecule has 4 heteroatoms. The molecule has 22 heavy (non-hydrogen) atoms. The summed E-state index contributed by atoms with van der Waals surface area (Å²) >= 11 is 0. The summed E-state index contributed by atoms with van der Waals surface area (Å²) in [5, 5.41) is 2.96. The second-order valence-corrected chi connectivity index (χ2v) is 5.76. The lowest BCUT2D eigenvalue weighted by molar-refractivity contribution is -0.115. The van der Waals surface area contributed by atoms with Gasteiger partial charge in [0.15, 0.2) is 0 Å². The van der Waals surface area contributed by atoms with E-state index in [1.807, 2.05) is 36.4 Å². The molecular formula is C18H21N3O. The molecule has 114 valence electrons. The topological polar surface area (TPSA) is 58.4 Å². The molecule has 2 aromatic carbocycles. The Bertz CT molecular complexity index is 684. The van der Waals surface area contributed by atoms with Crippen LogP contribution >= 0.6 is 0 Å². The van der Waals surface area contributed by atoms with E-state index in [-0.39, 0.29) is 5.91 Å². The minimum atomic E-state index is -0.00211. The van der Waals surface area contributed by atoms with Crippen LogP contribution in [0.1, 0.15) is 18.1 Å². The van der Waals surface area contributed by atoms with Crippen LogP contribution in [0.2, 0.25) is 0 Å². The van der Waals surface area contributed by atoms with Gasteiger partial charge in [0.05, 0.1) is 6.54 Å². The molecule has 1 unspecified atom stereocenters. The van der Waals surface area contributed by atoms with E-state index in [4.69, 9.17) is 5.73 Å². The molecule has 4 nitrogen and oxygen atoms in total. The summed E-state index contributed by atoms with van der Waals surface area (Å²) in [5.74, 6) is -0.00211. The van der Waals surface area contributed by atoms with E-state index in [0.29, 0.717) is 19.1 Å². The molecular weight excluding hydrogens is 274 g/mol. The van der Waals surface area contributed by atoms with E-state index in [1.54, 1.807) is 0 Å². The fraction of sp³-hybridized carbons (Fsp3) is 0.278. The third kappa shape index (κ3) is 2.97. The normalized spacial score (nSPS) is 16.5. The highest BCUT2D eigenvalue weighted by Crippen LogP contribution is 2.31. The summed E-state index contributed by atoms with van der Waals surface area (Å²) in [5.41, 5.74) is 9.92. The molecule has 2 aromatic rings. The third-order valence-corrected chi connectivity index (χ3v) is 4.11. The van der Waals surface area contributed by atoms with Crippen LogP contribution in [0.25, 0.3) is 0 Å². The van der Waals surface area contributed by atoms with Crippen LogP contribution in [0, 0.1) is 0 Å². The molecule has 1 amide bonds. The van der Waals surface area contributed by atoms with Gasteiger partial charge in [0.2, 0.25) is 5.91 Å². The number of carbonyl (C=O) groups is 1. The molecule has 0 aliphatic carbocycles. The zero-order valence-electron chi connectivity index (χ0n) is 12.8. The Morgan fingerprint density at radius 1 is 1.27 bits per heavy atom. The molecule has 1 atom stereocenters. The van der Waals surface area contributed by atoms with E-state index in [0.717, 1.165) is 17.7 Å². The molecule has 3 rings (SSSR count). The molecule has 0 fully saturated rings. The largest absolute Gasteiger partial charge is 0.359 e. The van der Waals surface area contributed by atoms with Gasteiger partial charge in [-0.05, 0) is 42.7 Å². The van der Waals surface area contributed by atoms with Crippen molar-refractivity contribution in [2.24, 2.45) is 5.73 Å². The molecule has 0 radical (unpaired) electrons. The van der Waals surface area contributed by atoms with Crippen LogP contribution in [-0.2, 0) is 17.8 Å². The Labute approximate surface area is 130 Å². The smallest absolute Gasteiger partial charge is 0.243 e. The average molecular weight is 295 g/mol. The summed E-state index contributed by atoms with van der Waals surface area (Å²) in [6.45, 7) is 2.99. The zero-order chi connectivity index (χ0) is 15.5. The fourth-order valence-corrected chi connectivity index (χ4v) is 3.00. The van der Waals surface area contributed by atoms with E-state index in [1.165, 1.54) is 11.3 Å². The maximum atomic E-state index is 12.3. The van der Waals surface area contributed by atoms with Gasteiger partial charge in [-0.2, -0.15) is 0 Å². The first kappa shape index (κ1) is 14.6. The molecule has 1 heterocycles.